The van der Waals surface area contributed by atoms with Crippen LogP contribution in [-0.4, -0.2) is 0 Å². The minimum Gasteiger partial charge on any atom is -0.305 e. The highest BCUT2D eigenvalue weighted by atomic mass is 79.9. The first-order chi connectivity index (χ1) is 8.16. The highest BCUT2D eigenvalue weighted by Crippen LogP contribution is 2.20. The Morgan fingerprint density at radius 2 is 2.18 bits per heavy atom. The molecule has 3 heteroatoms. The van der Waals surface area contributed by atoms with Gasteiger partial charge in [0.05, 0.1) is 0 Å². The summed E-state index contributed by atoms with van der Waals surface area (Å²) in [5.74, 6) is 0. The average Bonchev–Trinajstić information content (AvgIpc) is 2.72. The van der Waals surface area contributed by atoms with Crippen molar-refractivity contribution in [3.8, 4) is 0 Å². The van der Waals surface area contributed by atoms with Crippen molar-refractivity contribution in [1.29, 1.82) is 0 Å². The first kappa shape index (κ1) is 12.8. The van der Waals surface area contributed by atoms with E-state index in [4.69, 9.17) is 0 Å². The monoisotopic (exact) mass is 309 g/mol. The number of hydrogen-bond donors (Lipinski definition) is 1. The molecule has 2 aromatic rings. The van der Waals surface area contributed by atoms with Gasteiger partial charge in [-0.2, -0.15) is 0 Å². The second-order valence-corrected chi connectivity index (χ2v) is 6.10. The first-order valence-electron chi connectivity index (χ1n) is 5.68. The molecule has 0 fully saturated rings. The fraction of sp³-hybridized carbons (Fsp3) is 0.286. The molecule has 1 atom stereocenters. The number of halogens is 1. The Balaban J connectivity index is 1.98. The largest absolute Gasteiger partial charge is 0.305 e. The number of benzene rings is 1. The Morgan fingerprint density at radius 1 is 1.35 bits per heavy atom. The molecule has 17 heavy (non-hydrogen) atoms. The summed E-state index contributed by atoms with van der Waals surface area (Å²) in [7, 11) is 0. The Morgan fingerprint density at radius 3 is 2.82 bits per heavy atom. The maximum absolute atomic E-state index is 3.56. The van der Waals surface area contributed by atoms with E-state index in [2.05, 4.69) is 70.8 Å². The van der Waals surface area contributed by atoms with Crippen LogP contribution in [0.25, 0.3) is 0 Å². The molecular weight excluding hydrogens is 294 g/mol. The Labute approximate surface area is 115 Å². The molecule has 0 saturated carbocycles. The Hall–Kier alpha value is -0.640. The number of hydrogen-bond acceptors (Lipinski definition) is 2. The maximum Gasteiger partial charge on any atom is 0.0308 e. The van der Waals surface area contributed by atoms with Crippen molar-refractivity contribution in [3.05, 3.63) is 56.2 Å². The maximum atomic E-state index is 3.56. The van der Waals surface area contributed by atoms with Crippen LogP contribution in [0.5, 0.6) is 0 Å². The molecule has 0 aliphatic carbocycles. The van der Waals surface area contributed by atoms with E-state index in [-0.39, 0.29) is 0 Å². The Bertz CT molecular complexity index is 492. The van der Waals surface area contributed by atoms with Crippen molar-refractivity contribution in [2.24, 2.45) is 0 Å². The van der Waals surface area contributed by atoms with E-state index in [1.807, 2.05) is 11.3 Å². The third-order valence-corrected chi connectivity index (χ3v) is 4.40. The zero-order valence-corrected chi connectivity index (χ0v) is 12.4. The van der Waals surface area contributed by atoms with Gasteiger partial charge in [0, 0.05) is 21.9 Å². The van der Waals surface area contributed by atoms with Gasteiger partial charge in [0.2, 0.25) is 0 Å². The van der Waals surface area contributed by atoms with Crippen molar-refractivity contribution in [2.45, 2.75) is 26.4 Å². The fourth-order valence-electron chi connectivity index (χ4n) is 1.72. The van der Waals surface area contributed by atoms with Gasteiger partial charge in [-0.1, -0.05) is 28.1 Å². The van der Waals surface area contributed by atoms with Crippen molar-refractivity contribution in [1.82, 2.24) is 5.32 Å². The third kappa shape index (κ3) is 3.41. The van der Waals surface area contributed by atoms with Gasteiger partial charge >= 0.3 is 0 Å². The van der Waals surface area contributed by atoms with Crippen LogP contribution in [0.4, 0.5) is 0 Å². The van der Waals surface area contributed by atoms with Crippen molar-refractivity contribution in [2.75, 3.05) is 0 Å². The molecule has 1 aromatic carbocycles. The summed E-state index contributed by atoms with van der Waals surface area (Å²) in [6.45, 7) is 5.30. The SMILES string of the molecule is Cc1ccsc1CN[C@@H](C)c1cccc(Br)c1. The van der Waals surface area contributed by atoms with Crippen molar-refractivity contribution >= 4 is 27.3 Å². The summed E-state index contributed by atoms with van der Waals surface area (Å²) in [4.78, 5) is 1.42. The summed E-state index contributed by atoms with van der Waals surface area (Å²) in [5.41, 5.74) is 2.69. The van der Waals surface area contributed by atoms with Gasteiger partial charge < -0.3 is 5.32 Å². The predicted octanol–water partition coefficient (Wildman–Crippen LogP) is 4.67. The predicted molar refractivity (Wildman–Crippen MR) is 78.5 cm³/mol. The highest BCUT2D eigenvalue weighted by Gasteiger charge is 2.06. The van der Waals surface area contributed by atoms with Gasteiger partial charge in [-0.15, -0.1) is 11.3 Å². The molecule has 1 nitrogen and oxygen atoms in total. The second-order valence-electron chi connectivity index (χ2n) is 4.18. The molecule has 0 radical (unpaired) electrons. The van der Waals surface area contributed by atoms with E-state index in [0.717, 1.165) is 11.0 Å². The van der Waals surface area contributed by atoms with Gasteiger partial charge in [-0.3, -0.25) is 0 Å². The summed E-state index contributed by atoms with van der Waals surface area (Å²) in [6, 6.07) is 11.0. The van der Waals surface area contributed by atoms with Gasteiger partial charge in [-0.25, -0.2) is 0 Å². The lowest BCUT2D eigenvalue weighted by Crippen LogP contribution is -2.17. The topological polar surface area (TPSA) is 12.0 Å². The first-order valence-corrected chi connectivity index (χ1v) is 7.36. The number of nitrogens with one attached hydrogen (secondary N) is 1. The standard InChI is InChI=1S/C14H16BrNS/c1-10-6-7-17-14(10)9-16-11(2)12-4-3-5-13(15)8-12/h3-8,11,16H,9H2,1-2H3/t11-/m0/s1. The van der Waals surface area contributed by atoms with Crippen molar-refractivity contribution in [3.63, 3.8) is 0 Å². The molecule has 0 saturated heterocycles. The van der Waals surface area contributed by atoms with E-state index in [1.165, 1.54) is 16.0 Å². The smallest absolute Gasteiger partial charge is 0.0308 e. The molecule has 0 spiro atoms. The molecule has 1 N–H and O–H groups in total. The van der Waals surface area contributed by atoms with Crippen LogP contribution in [0.2, 0.25) is 0 Å². The van der Waals surface area contributed by atoms with Crippen LogP contribution in [0.3, 0.4) is 0 Å². The van der Waals surface area contributed by atoms with Crippen LogP contribution in [0.1, 0.15) is 29.0 Å². The molecule has 0 aliphatic heterocycles. The van der Waals surface area contributed by atoms with Gasteiger partial charge in [0.1, 0.15) is 0 Å². The number of rotatable bonds is 4. The minimum absolute atomic E-state index is 0.369. The van der Waals surface area contributed by atoms with Gasteiger partial charge in [0.25, 0.3) is 0 Å². The molecule has 90 valence electrons. The summed E-state index contributed by atoms with van der Waals surface area (Å²) >= 11 is 5.32. The molecule has 1 heterocycles. The Kier molecular flexibility index (Phi) is 4.37. The summed E-state index contributed by atoms with van der Waals surface area (Å²) < 4.78 is 1.14. The van der Waals surface area contributed by atoms with Crippen LogP contribution in [0, 0.1) is 6.92 Å². The lowest BCUT2D eigenvalue weighted by molar-refractivity contribution is 0.577. The van der Waals surface area contributed by atoms with Crippen molar-refractivity contribution < 1.29 is 0 Å². The summed E-state index contributed by atoms with van der Waals surface area (Å²) in [5, 5.41) is 5.71. The fourth-order valence-corrected chi connectivity index (χ4v) is 3.00. The van der Waals surface area contributed by atoms with Gasteiger partial charge in [0.15, 0.2) is 0 Å². The number of thiophene rings is 1. The van der Waals surface area contributed by atoms with Crippen LogP contribution in [0.15, 0.2) is 40.2 Å². The molecule has 0 unspecified atom stereocenters. The van der Waals surface area contributed by atoms with Gasteiger partial charge in [-0.05, 0) is 48.6 Å². The van der Waals surface area contributed by atoms with E-state index < -0.39 is 0 Å². The molecule has 0 aliphatic rings. The quantitative estimate of drug-likeness (QED) is 0.865. The molecule has 1 aromatic heterocycles. The van der Waals surface area contributed by atoms with E-state index in [9.17, 15) is 0 Å². The third-order valence-electron chi connectivity index (χ3n) is 2.89. The van der Waals surface area contributed by atoms with Crippen LogP contribution in [-0.2, 0) is 6.54 Å². The molecule has 2 rings (SSSR count). The second kappa shape index (κ2) is 5.80. The van der Waals surface area contributed by atoms with Crippen LogP contribution < -0.4 is 5.32 Å². The highest BCUT2D eigenvalue weighted by molar-refractivity contribution is 9.10. The summed E-state index contributed by atoms with van der Waals surface area (Å²) in [6.07, 6.45) is 0. The minimum atomic E-state index is 0.369. The molecule has 0 amide bonds. The normalized spacial score (nSPS) is 12.6. The van der Waals surface area contributed by atoms with E-state index >= 15 is 0 Å². The van der Waals surface area contributed by atoms with E-state index in [1.54, 1.807) is 0 Å². The number of aryl methyl sites for hydroxylation is 1. The lowest BCUT2D eigenvalue weighted by Gasteiger charge is -2.14. The zero-order chi connectivity index (χ0) is 12.3. The zero-order valence-electron chi connectivity index (χ0n) is 10.0. The van der Waals surface area contributed by atoms with Crippen LogP contribution >= 0.6 is 27.3 Å². The lowest BCUT2D eigenvalue weighted by atomic mass is 10.1. The average molecular weight is 310 g/mol. The molecular formula is C14H16BrNS. The molecule has 0 bridgehead atoms. The van der Waals surface area contributed by atoms with E-state index in [0.29, 0.717) is 6.04 Å².